The Hall–Kier alpha value is -0.910. The summed E-state index contributed by atoms with van der Waals surface area (Å²) in [5.74, 6) is -1.15. The Kier molecular flexibility index (Phi) is 3.18. The quantitative estimate of drug-likeness (QED) is 0.567. The fraction of sp³-hybridized carbons (Fsp3) is 0.222. The average molecular weight is 285 g/mol. The fourth-order valence-electron chi connectivity index (χ4n) is 1.09. The van der Waals surface area contributed by atoms with E-state index in [0.717, 1.165) is 0 Å². The third-order valence-electron chi connectivity index (χ3n) is 1.91. The van der Waals surface area contributed by atoms with E-state index >= 15 is 0 Å². The van der Waals surface area contributed by atoms with Gasteiger partial charge in [-0.05, 0) is 18.6 Å². The highest BCUT2D eigenvalue weighted by Crippen LogP contribution is 2.36. The number of carbonyl (C=O) groups excluding carboxylic acids is 1. The van der Waals surface area contributed by atoms with Gasteiger partial charge in [-0.1, -0.05) is 15.9 Å². The highest BCUT2D eigenvalue weighted by atomic mass is 79.9. The van der Waals surface area contributed by atoms with Crippen molar-refractivity contribution in [1.29, 1.82) is 0 Å². The molecule has 6 heteroatoms. The van der Waals surface area contributed by atoms with Crippen molar-refractivity contribution in [2.24, 2.45) is 0 Å². The van der Waals surface area contributed by atoms with Gasteiger partial charge in [0.15, 0.2) is 6.29 Å². The normalized spacial score (nSPS) is 11.6. The molecule has 0 amide bonds. The average Bonchev–Trinajstić information content (AvgIpc) is 2.12. The van der Waals surface area contributed by atoms with Gasteiger partial charge in [0.1, 0.15) is 5.82 Å². The van der Waals surface area contributed by atoms with Crippen LogP contribution in [-0.4, -0.2) is 6.29 Å². The van der Waals surface area contributed by atoms with Crippen LogP contribution in [0.5, 0.6) is 0 Å². The maximum absolute atomic E-state index is 13.3. The lowest BCUT2D eigenvalue weighted by molar-refractivity contribution is -0.138. The van der Waals surface area contributed by atoms with Gasteiger partial charge >= 0.3 is 6.18 Å². The van der Waals surface area contributed by atoms with Crippen LogP contribution in [0.25, 0.3) is 0 Å². The Morgan fingerprint density at radius 3 is 2.33 bits per heavy atom. The van der Waals surface area contributed by atoms with E-state index in [4.69, 9.17) is 0 Å². The number of hydrogen-bond acceptors (Lipinski definition) is 1. The summed E-state index contributed by atoms with van der Waals surface area (Å²) in [4.78, 5) is 10.4. The predicted molar refractivity (Wildman–Crippen MR) is 49.2 cm³/mol. The number of rotatable bonds is 1. The maximum Gasteiger partial charge on any atom is 0.417 e. The van der Waals surface area contributed by atoms with E-state index in [1.165, 1.54) is 6.92 Å². The lowest BCUT2D eigenvalue weighted by Crippen LogP contribution is -2.11. The molecule has 82 valence electrons. The number of halogens is 5. The molecule has 1 aromatic rings. The van der Waals surface area contributed by atoms with E-state index < -0.39 is 23.1 Å². The molecule has 0 saturated carbocycles. The molecule has 0 fully saturated rings. The van der Waals surface area contributed by atoms with Crippen LogP contribution in [0.15, 0.2) is 10.5 Å². The van der Waals surface area contributed by atoms with Crippen molar-refractivity contribution in [3.05, 3.63) is 33.0 Å². The Morgan fingerprint density at radius 1 is 1.40 bits per heavy atom. The summed E-state index contributed by atoms with van der Waals surface area (Å²) >= 11 is 2.80. The molecule has 0 aliphatic rings. The number of hydrogen-bond donors (Lipinski definition) is 0. The summed E-state index contributed by atoms with van der Waals surface area (Å²) in [5.41, 5.74) is -2.25. The van der Waals surface area contributed by atoms with E-state index in [-0.39, 0.29) is 16.3 Å². The van der Waals surface area contributed by atoms with Crippen molar-refractivity contribution >= 4 is 22.2 Å². The minimum atomic E-state index is -4.74. The summed E-state index contributed by atoms with van der Waals surface area (Å²) < 4.78 is 50.4. The zero-order valence-corrected chi connectivity index (χ0v) is 9.04. The Morgan fingerprint density at radius 2 is 1.93 bits per heavy atom. The summed E-state index contributed by atoms with van der Waals surface area (Å²) in [6, 6.07) is 0.697. The molecule has 0 atom stereocenters. The molecule has 0 aliphatic heterocycles. The topological polar surface area (TPSA) is 17.1 Å². The predicted octanol–water partition coefficient (Wildman–Crippen LogP) is 3.73. The Labute approximate surface area is 91.2 Å². The molecule has 0 heterocycles. The highest BCUT2D eigenvalue weighted by Gasteiger charge is 2.35. The molecule has 0 aliphatic carbocycles. The first-order valence-electron chi connectivity index (χ1n) is 3.80. The SMILES string of the molecule is Cc1c(Br)cc(C(F)(F)F)c(C=O)c1F. The van der Waals surface area contributed by atoms with Gasteiger partial charge < -0.3 is 0 Å². The zero-order valence-electron chi connectivity index (χ0n) is 7.45. The number of benzene rings is 1. The van der Waals surface area contributed by atoms with Crippen LogP contribution in [0.1, 0.15) is 21.5 Å². The minimum Gasteiger partial charge on any atom is -0.298 e. The summed E-state index contributed by atoms with van der Waals surface area (Å²) in [6.45, 7) is 1.28. The van der Waals surface area contributed by atoms with Crippen LogP contribution in [0.3, 0.4) is 0 Å². The molecule has 0 N–H and O–H groups in total. The van der Waals surface area contributed by atoms with Crippen LogP contribution in [-0.2, 0) is 6.18 Å². The molecule has 0 spiro atoms. The second-order valence-electron chi connectivity index (χ2n) is 2.87. The second-order valence-corrected chi connectivity index (χ2v) is 3.73. The van der Waals surface area contributed by atoms with Crippen molar-refractivity contribution < 1.29 is 22.4 Å². The summed E-state index contributed by atoms with van der Waals surface area (Å²) in [7, 11) is 0. The molecule has 0 unspecified atom stereocenters. The standard InChI is InChI=1S/C9H5BrF4O/c1-4-7(10)2-6(9(12,13)14)5(3-15)8(4)11/h2-3H,1H3. The second kappa shape index (κ2) is 3.92. The van der Waals surface area contributed by atoms with Gasteiger partial charge in [0, 0.05) is 4.47 Å². The van der Waals surface area contributed by atoms with E-state index in [9.17, 15) is 22.4 Å². The molecule has 1 rings (SSSR count). The molecule has 1 aromatic carbocycles. The van der Waals surface area contributed by atoms with Crippen LogP contribution in [0.2, 0.25) is 0 Å². The molecule has 15 heavy (non-hydrogen) atoms. The molecule has 0 aromatic heterocycles. The molecule has 0 saturated heterocycles. The first-order chi connectivity index (χ1) is 6.79. The minimum absolute atomic E-state index is 0.0158. The Balaban J connectivity index is 3.60. The largest absolute Gasteiger partial charge is 0.417 e. The van der Waals surface area contributed by atoms with Crippen LogP contribution in [0, 0.1) is 12.7 Å². The van der Waals surface area contributed by atoms with Crippen LogP contribution < -0.4 is 0 Å². The first kappa shape index (κ1) is 12.2. The zero-order chi connectivity index (χ0) is 11.8. The summed E-state index contributed by atoms with van der Waals surface area (Å²) in [6.07, 6.45) is -4.87. The highest BCUT2D eigenvalue weighted by molar-refractivity contribution is 9.10. The van der Waals surface area contributed by atoms with Gasteiger partial charge in [0.25, 0.3) is 0 Å². The fourth-order valence-corrected chi connectivity index (χ4v) is 1.49. The molecular formula is C9H5BrF4O. The van der Waals surface area contributed by atoms with Gasteiger partial charge in [0.05, 0.1) is 11.1 Å². The van der Waals surface area contributed by atoms with Crippen molar-refractivity contribution in [2.75, 3.05) is 0 Å². The first-order valence-corrected chi connectivity index (χ1v) is 4.59. The molecule has 1 nitrogen and oxygen atoms in total. The van der Waals surface area contributed by atoms with Crippen molar-refractivity contribution in [1.82, 2.24) is 0 Å². The van der Waals surface area contributed by atoms with E-state index in [1.54, 1.807) is 0 Å². The maximum atomic E-state index is 13.3. The van der Waals surface area contributed by atoms with Crippen molar-refractivity contribution in [3.8, 4) is 0 Å². The van der Waals surface area contributed by atoms with Crippen molar-refractivity contribution in [3.63, 3.8) is 0 Å². The van der Waals surface area contributed by atoms with Gasteiger partial charge in [-0.3, -0.25) is 4.79 Å². The Bertz CT molecular complexity index is 412. The third-order valence-corrected chi connectivity index (χ3v) is 2.73. The smallest absolute Gasteiger partial charge is 0.298 e. The number of aldehydes is 1. The van der Waals surface area contributed by atoms with Gasteiger partial charge in [-0.15, -0.1) is 0 Å². The van der Waals surface area contributed by atoms with E-state index in [0.29, 0.717) is 6.07 Å². The van der Waals surface area contributed by atoms with Gasteiger partial charge in [-0.25, -0.2) is 4.39 Å². The van der Waals surface area contributed by atoms with E-state index in [1.807, 2.05) is 0 Å². The summed E-state index contributed by atoms with van der Waals surface area (Å²) in [5, 5.41) is 0. The lowest BCUT2D eigenvalue weighted by atomic mass is 10.0. The third kappa shape index (κ3) is 2.19. The number of alkyl halides is 3. The van der Waals surface area contributed by atoms with Gasteiger partial charge in [-0.2, -0.15) is 13.2 Å². The molecule has 0 radical (unpaired) electrons. The van der Waals surface area contributed by atoms with Gasteiger partial charge in [0.2, 0.25) is 0 Å². The van der Waals surface area contributed by atoms with E-state index in [2.05, 4.69) is 15.9 Å². The molecular weight excluding hydrogens is 280 g/mol. The monoisotopic (exact) mass is 284 g/mol. The lowest BCUT2D eigenvalue weighted by Gasteiger charge is -2.12. The number of carbonyl (C=O) groups is 1. The van der Waals surface area contributed by atoms with Crippen LogP contribution >= 0.6 is 15.9 Å². The van der Waals surface area contributed by atoms with Crippen LogP contribution in [0.4, 0.5) is 17.6 Å². The molecule has 0 bridgehead atoms. The van der Waals surface area contributed by atoms with Crippen molar-refractivity contribution in [2.45, 2.75) is 13.1 Å².